The van der Waals surface area contributed by atoms with Gasteiger partial charge in [0.25, 0.3) is 0 Å². The number of ether oxygens (including phenoxy) is 1. The molecule has 0 aromatic carbocycles. The first-order valence-electron chi connectivity index (χ1n) is 7.48. The van der Waals surface area contributed by atoms with E-state index in [9.17, 15) is 4.79 Å². The summed E-state index contributed by atoms with van der Waals surface area (Å²) < 4.78 is 7.49. The number of carbonyl (C=O) groups is 1. The van der Waals surface area contributed by atoms with E-state index in [1.807, 2.05) is 33.3 Å². The Morgan fingerprint density at radius 2 is 2.14 bits per heavy atom. The van der Waals surface area contributed by atoms with Gasteiger partial charge in [0.2, 0.25) is 0 Å². The van der Waals surface area contributed by atoms with E-state index >= 15 is 0 Å². The third-order valence-corrected chi connectivity index (χ3v) is 3.41. The van der Waals surface area contributed by atoms with Crippen molar-refractivity contribution in [2.24, 2.45) is 0 Å². The smallest absolute Gasteiger partial charge is 0.410 e. The highest BCUT2D eigenvalue weighted by Crippen LogP contribution is 2.16. The lowest BCUT2D eigenvalue weighted by atomic mass is 10.1. The molecular weight excluding hydrogens is 268 g/mol. The van der Waals surface area contributed by atoms with E-state index in [0.29, 0.717) is 25.2 Å². The van der Waals surface area contributed by atoms with Crippen LogP contribution >= 0.6 is 0 Å². The van der Waals surface area contributed by atoms with Gasteiger partial charge in [0.1, 0.15) is 5.60 Å². The van der Waals surface area contributed by atoms with Gasteiger partial charge in [0, 0.05) is 37.9 Å². The molecule has 2 heterocycles. The van der Waals surface area contributed by atoms with Crippen molar-refractivity contribution >= 4 is 6.09 Å². The molecule has 21 heavy (non-hydrogen) atoms. The van der Waals surface area contributed by atoms with E-state index in [1.165, 1.54) is 5.69 Å². The van der Waals surface area contributed by atoms with E-state index < -0.39 is 5.60 Å². The normalized spacial score (nSPS) is 16.2. The molecule has 1 N–H and O–H groups in total. The Kier molecular flexibility index (Phi) is 4.56. The predicted molar refractivity (Wildman–Crippen MR) is 81.0 cm³/mol. The van der Waals surface area contributed by atoms with Gasteiger partial charge < -0.3 is 19.5 Å². The van der Waals surface area contributed by atoms with Crippen molar-refractivity contribution in [2.45, 2.75) is 58.8 Å². The molecule has 1 saturated heterocycles. The van der Waals surface area contributed by atoms with Gasteiger partial charge in [0.15, 0.2) is 0 Å². The zero-order valence-corrected chi connectivity index (χ0v) is 13.6. The first kappa shape index (κ1) is 15.8. The summed E-state index contributed by atoms with van der Waals surface area (Å²) in [5, 5.41) is 3.45. The molecule has 1 aliphatic rings. The monoisotopic (exact) mass is 294 g/mol. The standard InChI is InChI=1S/C15H26N4O2/c1-11(2)19-10-16-6-13(19)7-17-12-8-18(9-12)14(20)21-15(3,4)5/h6,10-12,17H,7-9H2,1-5H3. The second kappa shape index (κ2) is 6.05. The van der Waals surface area contributed by atoms with Crippen molar-refractivity contribution in [3.8, 4) is 0 Å². The average Bonchev–Trinajstić information content (AvgIpc) is 2.72. The van der Waals surface area contributed by atoms with Crippen LogP contribution in [-0.4, -0.2) is 45.3 Å². The second-order valence-electron chi connectivity index (χ2n) is 6.85. The first-order chi connectivity index (χ1) is 9.76. The first-order valence-corrected chi connectivity index (χ1v) is 7.48. The summed E-state index contributed by atoms with van der Waals surface area (Å²) in [6.45, 7) is 12.1. The number of amides is 1. The number of nitrogens with one attached hydrogen (secondary N) is 1. The van der Waals surface area contributed by atoms with Crippen molar-refractivity contribution < 1.29 is 9.53 Å². The van der Waals surface area contributed by atoms with Crippen molar-refractivity contribution in [3.63, 3.8) is 0 Å². The molecule has 1 aromatic heterocycles. The van der Waals surface area contributed by atoms with Crippen molar-refractivity contribution in [2.75, 3.05) is 13.1 Å². The fourth-order valence-corrected chi connectivity index (χ4v) is 2.27. The molecule has 1 aliphatic heterocycles. The van der Waals surface area contributed by atoms with Gasteiger partial charge in [-0.2, -0.15) is 0 Å². The van der Waals surface area contributed by atoms with Gasteiger partial charge in [-0.1, -0.05) is 0 Å². The molecule has 1 aromatic rings. The Labute approximate surface area is 126 Å². The van der Waals surface area contributed by atoms with Crippen LogP contribution in [0.15, 0.2) is 12.5 Å². The van der Waals surface area contributed by atoms with Gasteiger partial charge >= 0.3 is 6.09 Å². The van der Waals surface area contributed by atoms with Crippen molar-refractivity contribution in [3.05, 3.63) is 18.2 Å². The molecule has 6 heteroatoms. The average molecular weight is 294 g/mol. The summed E-state index contributed by atoms with van der Waals surface area (Å²) >= 11 is 0. The van der Waals surface area contributed by atoms with Crippen molar-refractivity contribution in [1.82, 2.24) is 19.8 Å². The molecule has 2 rings (SSSR count). The molecule has 118 valence electrons. The van der Waals surface area contributed by atoms with Crippen LogP contribution in [0.2, 0.25) is 0 Å². The Bertz CT molecular complexity index is 484. The number of carbonyl (C=O) groups excluding carboxylic acids is 1. The Morgan fingerprint density at radius 3 is 2.71 bits per heavy atom. The highest BCUT2D eigenvalue weighted by atomic mass is 16.6. The van der Waals surface area contributed by atoms with Crippen LogP contribution in [0.5, 0.6) is 0 Å². The second-order valence-corrected chi connectivity index (χ2v) is 6.85. The lowest BCUT2D eigenvalue weighted by molar-refractivity contribution is 0.00513. The molecule has 0 radical (unpaired) electrons. The SMILES string of the molecule is CC(C)n1cncc1CNC1CN(C(=O)OC(C)(C)C)C1. The molecular formula is C15H26N4O2. The number of nitrogens with zero attached hydrogens (tertiary/aromatic N) is 3. The zero-order chi connectivity index (χ0) is 15.6. The van der Waals surface area contributed by atoms with Gasteiger partial charge in [-0.25, -0.2) is 9.78 Å². The van der Waals surface area contributed by atoms with Gasteiger partial charge in [-0.3, -0.25) is 0 Å². The zero-order valence-electron chi connectivity index (χ0n) is 13.6. The van der Waals surface area contributed by atoms with Crippen LogP contribution in [0.3, 0.4) is 0 Å². The fourth-order valence-electron chi connectivity index (χ4n) is 2.27. The molecule has 0 aliphatic carbocycles. The van der Waals surface area contributed by atoms with Crippen molar-refractivity contribution in [1.29, 1.82) is 0 Å². The van der Waals surface area contributed by atoms with Crippen LogP contribution in [0.1, 0.15) is 46.4 Å². The van der Waals surface area contributed by atoms with Crippen LogP contribution < -0.4 is 5.32 Å². The number of imidazole rings is 1. The Hall–Kier alpha value is -1.56. The number of hydrogen-bond donors (Lipinski definition) is 1. The summed E-state index contributed by atoms with van der Waals surface area (Å²) in [5.41, 5.74) is 0.736. The predicted octanol–water partition coefficient (Wildman–Crippen LogP) is 2.17. The summed E-state index contributed by atoms with van der Waals surface area (Å²) in [6.07, 6.45) is 3.51. The Morgan fingerprint density at radius 1 is 1.48 bits per heavy atom. The van der Waals surface area contributed by atoms with E-state index in [1.54, 1.807) is 4.90 Å². The van der Waals surface area contributed by atoms with E-state index in [-0.39, 0.29) is 6.09 Å². The molecule has 0 unspecified atom stereocenters. The van der Waals surface area contributed by atoms with Crippen LogP contribution in [0, 0.1) is 0 Å². The highest BCUT2D eigenvalue weighted by molar-refractivity contribution is 5.69. The van der Waals surface area contributed by atoms with Crippen LogP contribution in [0.25, 0.3) is 0 Å². The van der Waals surface area contributed by atoms with Crippen LogP contribution in [0.4, 0.5) is 4.79 Å². The minimum atomic E-state index is -0.431. The summed E-state index contributed by atoms with van der Waals surface area (Å²) in [4.78, 5) is 17.7. The number of likely N-dealkylation sites (tertiary alicyclic amines) is 1. The van der Waals surface area contributed by atoms with E-state index in [0.717, 1.165) is 6.54 Å². The van der Waals surface area contributed by atoms with Gasteiger partial charge in [0.05, 0.1) is 12.0 Å². The maximum atomic E-state index is 11.8. The molecule has 1 amide bonds. The van der Waals surface area contributed by atoms with E-state index in [2.05, 4.69) is 28.7 Å². The van der Waals surface area contributed by atoms with Gasteiger partial charge in [-0.05, 0) is 34.6 Å². The van der Waals surface area contributed by atoms with Gasteiger partial charge in [-0.15, -0.1) is 0 Å². The summed E-state index contributed by atoms with van der Waals surface area (Å²) in [7, 11) is 0. The molecule has 0 saturated carbocycles. The quantitative estimate of drug-likeness (QED) is 0.924. The number of hydrogen-bond acceptors (Lipinski definition) is 4. The minimum Gasteiger partial charge on any atom is -0.444 e. The maximum Gasteiger partial charge on any atom is 0.410 e. The molecule has 0 spiro atoms. The summed E-state index contributed by atoms with van der Waals surface area (Å²) in [5.74, 6) is 0. The van der Waals surface area contributed by atoms with E-state index in [4.69, 9.17) is 4.74 Å². The number of rotatable bonds is 4. The molecule has 0 bridgehead atoms. The Balaban J connectivity index is 1.74. The highest BCUT2D eigenvalue weighted by Gasteiger charge is 2.33. The maximum absolute atomic E-state index is 11.8. The topological polar surface area (TPSA) is 59.4 Å². The molecule has 6 nitrogen and oxygen atoms in total. The fraction of sp³-hybridized carbons (Fsp3) is 0.733. The number of aromatic nitrogens is 2. The third-order valence-electron chi connectivity index (χ3n) is 3.41. The third kappa shape index (κ3) is 4.20. The van der Waals surface area contributed by atoms with Crippen LogP contribution in [-0.2, 0) is 11.3 Å². The molecule has 1 fully saturated rings. The lowest BCUT2D eigenvalue weighted by Gasteiger charge is -2.40. The minimum absolute atomic E-state index is 0.229. The lowest BCUT2D eigenvalue weighted by Crippen LogP contribution is -2.60. The summed E-state index contributed by atoms with van der Waals surface area (Å²) in [6, 6.07) is 0.733. The molecule has 0 atom stereocenters. The largest absolute Gasteiger partial charge is 0.444 e.